The van der Waals surface area contributed by atoms with Crippen LogP contribution in [0.1, 0.15) is 27.8 Å². The van der Waals surface area contributed by atoms with E-state index in [4.69, 9.17) is 9.47 Å². The van der Waals surface area contributed by atoms with E-state index in [9.17, 15) is 0 Å². The van der Waals surface area contributed by atoms with Crippen LogP contribution in [0.15, 0.2) is 60.9 Å². The number of aryl methyl sites for hydroxylation is 1. The zero-order valence-electron chi connectivity index (χ0n) is 17.6. The Morgan fingerprint density at radius 1 is 0.968 bits per heavy atom. The van der Waals surface area contributed by atoms with E-state index in [0.717, 1.165) is 50.6 Å². The van der Waals surface area contributed by atoms with Crippen LogP contribution in [0.3, 0.4) is 0 Å². The maximum absolute atomic E-state index is 6.08. The van der Waals surface area contributed by atoms with Crippen molar-refractivity contribution in [3.8, 4) is 11.5 Å². The van der Waals surface area contributed by atoms with Crippen molar-refractivity contribution in [1.82, 2.24) is 4.57 Å². The second kappa shape index (κ2) is 8.04. The first-order valence-corrected chi connectivity index (χ1v) is 10.7. The van der Waals surface area contributed by atoms with Crippen LogP contribution in [-0.2, 0) is 25.9 Å². The van der Waals surface area contributed by atoms with Gasteiger partial charge in [-0.25, -0.2) is 9.13 Å². The molecule has 158 valence electrons. The molecule has 6 rings (SSSR count). The summed E-state index contributed by atoms with van der Waals surface area (Å²) in [5.74, 6) is 2.14. The summed E-state index contributed by atoms with van der Waals surface area (Å²) in [6.45, 7) is 5.33. The van der Waals surface area contributed by atoms with Crippen molar-refractivity contribution in [2.45, 2.75) is 32.9 Å². The van der Waals surface area contributed by atoms with E-state index in [2.05, 4.69) is 77.0 Å². The lowest BCUT2D eigenvalue weighted by molar-refractivity contribution is -0.663. The van der Waals surface area contributed by atoms with Crippen molar-refractivity contribution >= 4 is 11.0 Å². The molecule has 0 radical (unpaired) electrons. The van der Waals surface area contributed by atoms with Crippen LogP contribution >= 0.6 is 0 Å². The topological polar surface area (TPSA) is 27.3 Å². The van der Waals surface area contributed by atoms with Gasteiger partial charge in [-0.2, -0.15) is 0 Å². The van der Waals surface area contributed by atoms with Crippen molar-refractivity contribution in [2.75, 3.05) is 13.2 Å². The van der Waals surface area contributed by atoms with Gasteiger partial charge in [-0.1, -0.05) is 42.0 Å². The number of halogens is 1. The molecule has 0 atom stereocenters. The summed E-state index contributed by atoms with van der Waals surface area (Å²) in [6.07, 6.45) is 4.18. The molecule has 4 nitrogen and oxygen atoms in total. The second-order valence-corrected chi connectivity index (χ2v) is 8.36. The number of nitrogens with zero attached hydrogens (tertiary/aromatic N) is 2. The second-order valence-electron chi connectivity index (χ2n) is 8.36. The number of aromatic nitrogens is 2. The molecule has 0 amide bonds. The number of hydrogen-bond donors (Lipinski definition) is 0. The molecule has 1 aromatic heterocycles. The van der Waals surface area contributed by atoms with Crippen LogP contribution in [-0.4, -0.2) is 17.8 Å². The average molecular weight is 477 g/mol. The highest BCUT2D eigenvalue weighted by molar-refractivity contribution is 5.72. The molecule has 31 heavy (non-hydrogen) atoms. The number of rotatable bonds is 4. The number of benzene rings is 3. The molecule has 0 aliphatic carbocycles. The Morgan fingerprint density at radius 3 is 2.65 bits per heavy atom. The molecule has 0 saturated heterocycles. The van der Waals surface area contributed by atoms with Gasteiger partial charge in [-0.15, -0.1) is 0 Å². The summed E-state index contributed by atoms with van der Waals surface area (Å²) in [6, 6.07) is 19.7. The van der Waals surface area contributed by atoms with E-state index in [1.54, 1.807) is 0 Å². The van der Waals surface area contributed by atoms with Crippen molar-refractivity contribution < 1.29 is 31.0 Å². The Balaban J connectivity index is 0.00000204. The monoisotopic (exact) mass is 476 g/mol. The number of imidazole rings is 1. The summed E-state index contributed by atoms with van der Waals surface area (Å²) < 4.78 is 16.7. The van der Waals surface area contributed by atoms with Crippen LogP contribution in [0.25, 0.3) is 11.0 Å². The van der Waals surface area contributed by atoms with Crippen LogP contribution in [0.5, 0.6) is 11.5 Å². The first-order chi connectivity index (χ1) is 14.8. The Hall–Kier alpha value is -2.79. The fourth-order valence-corrected chi connectivity index (χ4v) is 4.81. The van der Waals surface area contributed by atoms with E-state index in [0.29, 0.717) is 0 Å². The van der Waals surface area contributed by atoms with E-state index < -0.39 is 0 Å². The van der Waals surface area contributed by atoms with Gasteiger partial charge in [0.15, 0.2) is 11.0 Å². The van der Waals surface area contributed by atoms with Gasteiger partial charge in [-0.05, 0) is 30.7 Å². The lowest BCUT2D eigenvalue weighted by Crippen LogP contribution is -3.00. The molecule has 3 aromatic carbocycles. The van der Waals surface area contributed by atoms with E-state index >= 15 is 0 Å². The maximum Gasteiger partial charge on any atom is 0.245 e. The van der Waals surface area contributed by atoms with E-state index in [1.807, 2.05) is 0 Å². The predicted octanol–water partition coefficient (Wildman–Crippen LogP) is 1.21. The van der Waals surface area contributed by atoms with Crippen molar-refractivity contribution in [3.63, 3.8) is 0 Å². The Labute approximate surface area is 192 Å². The standard InChI is InChI=1S/C26H25N2O2.BrH/c1-18-6-8-19(9-7-18)15-27-17-28(24-5-3-2-4-23(24)27)16-22-21-11-13-29-25(21)14-20-10-12-30-26(20)22;/h2-9,14,17H,10-13,15-16H2,1H3;1H/q+1;/p-1. The molecule has 0 unspecified atom stereocenters. The fraction of sp³-hybridized carbons (Fsp3) is 0.269. The molecule has 2 aliphatic heterocycles. The largest absolute Gasteiger partial charge is 1.00 e. The summed E-state index contributed by atoms with van der Waals surface area (Å²) in [7, 11) is 0. The number of fused-ring (bicyclic) bond motifs is 3. The predicted molar refractivity (Wildman–Crippen MR) is 116 cm³/mol. The molecule has 0 saturated carbocycles. The minimum Gasteiger partial charge on any atom is -1.00 e. The van der Waals surface area contributed by atoms with E-state index in [-0.39, 0.29) is 17.0 Å². The summed E-state index contributed by atoms with van der Waals surface area (Å²) in [5, 5.41) is 0. The van der Waals surface area contributed by atoms with Gasteiger partial charge in [0.1, 0.15) is 24.6 Å². The maximum atomic E-state index is 6.08. The average Bonchev–Trinajstić information content (AvgIpc) is 3.49. The van der Waals surface area contributed by atoms with E-state index in [1.165, 1.54) is 38.9 Å². The molecule has 0 bridgehead atoms. The molecule has 0 spiro atoms. The number of para-hydroxylation sites is 2. The SMILES string of the molecule is Cc1ccc(C[n+]2cn(Cc3c4c(cc5c3OCC5)OCC4)c3ccccc32)cc1.[Br-]. The van der Waals surface area contributed by atoms with Crippen molar-refractivity contribution in [1.29, 1.82) is 0 Å². The van der Waals surface area contributed by atoms with Crippen molar-refractivity contribution in [2.24, 2.45) is 0 Å². The van der Waals surface area contributed by atoms with Gasteiger partial charge in [0.05, 0.1) is 13.2 Å². The normalized spacial score (nSPS) is 14.0. The zero-order chi connectivity index (χ0) is 20.1. The van der Waals surface area contributed by atoms with Gasteiger partial charge in [-0.3, -0.25) is 0 Å². The highest BCUT2D eigenvalue weighted by Gasteiger charge is 2.28. The lowest BCUT2D eigenvalue weighted by atomic mass is 9.99. The van der Waals surface area contributed by atoms with Gasteiger partial charge in [0.25, 0.3) is 0 Å². The first-order valence-electron chi connectivity index (χ1n) is 10.7. The van der Waals surface area contributed by atoms with Gasteiger partial charge >= 0.3 is 0 Å². The Kier molecular flexibility index (Phi) is 5.22. The van der Waals surface area contributed by atoms with Gasteiger partial charge in [0, 0.05) is 29.5 Å². The molecular formula is C26H25BrN2O2. The first kappa shape index (κ1) is 20.1. The quantitative estimate of drug-likeness (QED) is 0.414. The molecule has 2 aliphatic rings. The third-order valence-corrected chi connectivity index (χ3v) is 6.34. The highest BCUT2D eigenvalue weighted by atomic mass is 79.9. The Morgan fingerprint density at radius 2 is 1.77 bits per heavy atom. The van der Waals surface area contributed by atoms with Crippen LogP contribution in [0.4, 0.5) is 0 Å². The molecular weight excluding hydrogens is 452 g/mol. The fourth-order valence-electron chi connectivity index (χ4n) is 4.81. The van der Waals surface area contributed by atoms with Crippen LogP contribution in [0.2, 0.25) is 0 Å². The Bertz CT molecular complexity index is 1230. The number of hydrogen-bond acceptors (Lipinski definition) is 2. The van der Waals surface area contributed by atoms with Gasteiger partial charge < -0.3 is 26.5 Å². The molecule has 5 heteroatoms. The zero-order valence-corrected chi connectivity index (χ0v) is 19.2. The van der Waals surface area contributed by atoms with Gasteiger partial charge in [0.2, 0.25) is 6.33 Å². The third-order valence-electron chi connectivity index (χ3n) is 6.34. The van der Waals surface area contributed by atoms with Crippen LogP contribution in [0, 0.1) is 6.92 Å². The third kappa shape index (κ3) is 3.51. The smallest absolute Gasteiger partial charge is 0.245 e. The number of ether oxygens (including phenoxy) is 2. The molecule has 4 aromatic rings. The highest BCUT2D eigenvalue weighted by Crippen LogP contribution is 2.41. The minimum absolute atomic E-state index is 0. The summed E-state index contributed by atoms with van der Waals surface area (Å²) >= 11 is 0. The molecule has 3 heterocycles. The van der Waals surface area contributed by atoms with Crippen LogP contribution < -0.4 is 31.0 Å². The lowest BCUT2D eigenvalue weighted by Gasteiger charge is -2.11. The minimum atomic E-state index is 0. The summed E-state index contributed by atoms with van der Waals surface area (Å²) in [5.41, 5.74) is 8.99. The van der Waals surface area contributed by atoms with Crippen molar-refractivity contribution in [3.05, 3.63) is 88.7 Å². The molecule has 0 N–H and O–H groups in total. The summed E-state index contributed by atoms with van der Waals surface area (Å²) in [4.78, 5) is 0. The molecule has 0 fully saturated rings.